The van der Waals surface area contributed by atoms with Gasteiger partial charge in [-0.3, -0.25) is 19.7 Å². The average molecular weight is 316 g/mol. The second kappa shape index (κ2) is 7.30. The van der Waals surface area contributed by atoms with E-state index in [1.54, 1.807) is 24.7 Å². The van der Waals surface area contributed by atoms with Gasteiger partial charge in [0, 0.05) is 37.9 Å². The number of aromatic nitrogens is 4. The van der Waals surface area contributed by atoms with Gasteiger partial charge in [0.15, 0.2) is 0 Å². The van der Waals surface area contributed by atoms with Gasteiger partial charge < -0.3 is 4.74 Å². The lowest BCUT2D eigenvalue weighted by molar-refractivity contribution is -0.124. The first-order valence-corrected chi connectivity index (χ1v) is 7.63. The Morgan fingerprint density at radius 2 is 2.22 bits per heavy atom. The number of hydrogen-bond acceptors (Lipinski definition) is 6. The normalized spacial score (nSPS) is 20.1. The molecule has 2 unspecified atom stereocenters. The third-order valence-corrected chi connectivity index (χ3v) is 3.85. The Morgan fingerprint density at radius 1 is 1.39 bits per heavy atom. The molecule has 2 aromatic rings. The Bertz CT molecular complexity index is 618. The van der Waals surface area contributed by atoms with E-state index >= 15 is 0 Å². The number of hydrogen-bond donors (Lipinski definition) is 1. The van der Waals surface area contributed by atoms with Gasteiger partial charge in [0.05, 0.1) is 25.3 Å². The van der Waals surface area contributed by atoms with Crippen molar-refractivity contribution >= 4 is 11.9 Å². The van der Waals surface area contributed by atoms with Gasteiger partial charge in [0.25, 0.3) is 0 Å². The van der Waals surface area contributed by atoms with Crippen molar-refractivity contribution in [1.29, 1.82) is 0 Å². The first kappa shape index (κ1) is 15.6. The Hall–Kier alpha value is -2.32. The SMILES string of the molecule is CC(C(=O)Nc1ncccn1)N1CCOC(Cn2cccn2)C1. The van der Waals surface area contributed by atoms with Crippen molar-refractivity contribution in [3.8, 4) is 0 Å². The molecule has 23 heavy (non-hydrogen) atoms. The highest BCUT2D eigenvalue weighted by molar-refractivity contribution is 5.93. The molecule has 1 saturated heterocycles. The van der Waals surface area contributed by atoms with Crippen LogP contribution < -0.4 is 5.32 Å². The summed E-state index contributed by atoms with van der Waals surface area (Å²) in [5.41, 5.74) is 0. The van der Waals surface area contributed by atoms with Crippen LogP contribution in [0.25, 0.3) is 0 Å². The van der Waals surface area contributed by atoms with Crippen molar-refractivity contribution in [2.24, 2.45) is 0 Å². The van der Waals surface area contributed by atoms with Crippen molar-refractivity contribution in [2.75, 3.05) is 25.0 Å². The summed E-state index contributed by atoms with van der Waals surface area (Å²) in [5, 5.41) is 6.93. The van der Waals surface area contributed by atoms with E-state index in [0.717, 1.165) is 6.54 Å². The molecule has 8 heteroatoms. The molecule has 0 radical (unpaired) electrons. The van der Waals surface area contributed by atoms with E-state index in [-0.39, 0.29) is 18.1 Å². The zero-order chi connectivity index (χ0) is 16.1. The van der Waals surface area contributed by atoms with Crippen LogP contribution in [0.2, 0.25) is 0 Å². The molecule has 2 atom stereocenters. The molecule has 1 aliphatic rings. The molecule has 1 fully saturated rings. The maximum Gasteiger partial charge on any atom is 0.243 e. The summed E-state index contributed by atoms with van der Waals surface area (Å²) in [5.74, 6) is 0.210. The van der Waals surface area contributed by atoms with Crippen molar-refractivity contribution in [2.45, 2.75) is 25.6 Å². The number of amides is 1. The molecular formula is C15H20N6O2. The number of anilines is 1. The maximum absolute atomic E-state index is 12.3. The molecule has 3 rings (SSSR count). The maximum atomic E-state index is 12.3. The Balaban J connectivity index is 1.55. The highest BCUT2D eigenvalue weighted by atomic mass is 16.5. The first-order valence-electron chi connectivity index (χ1n) is 7.63. The summed E-state index contributed by atoms with van der Waals surface area (Å²) in [4.78, 5) is 22.5. The van der Waals surface area contributed by atoms with Crippen LogP contribution in [-0.4, -0.2) is 62.4 Å². The van der Waals surface area contributed by atoms with E-state index in [0.29, 0.717) is 25.6 Å². The van der Waals surface area contributed by atoms with E-state index in [9.17, 15) is 4.79 Å². The molecule has 0 saturated carbocycles. The number of nitrogens with one attached hydrogen (secondary N) is 1. The van der Waals surface area contributed by atoms with Crippen LogP contribution in [0.15, 0.2) is 36.9 Å². The van der Waals surface area contributed by atoms with Gasteiger partial charge >= 0.3 is 0 Å². The second-order valence-electron chi connectivity index (χ2n) is 5.45. The van der Waals surface area contributed by atoms with Crippen LogP contribution in [-0.2, 0) is 16.1 Å². The van der Waals surface area contributed by atoms with Crippen LogP contribution in [0, 0.1) is 0 Å². The predicted molar refractivity (Wildman–Crippen MR) is 83.7 cm³/mol. The molecule has 8 nitrogen and oxygen atoms in total. The van der Waals surface area contributed by atoms with Gasteiger partial charge in [0.2, 0.25) is 11.9 Å². The Morgan fingerprint density at radius 3 is 2.96 bits per heavy atom. The van der Waals surface area contributed by atoms with Crippen LogP contribution in [0.3, 0.4) is 0 Å². The fourth-order valence-electron chi connectivity index (χ4n) is 2.57. The van der Waals surface area contributed by atoms with Crippen molar-refractivity contribution in [3.63, 3.8) is 0 Å². The summed E-state index contributed by atoms with van der Waals surface area (Å²) >= 11 is 0. The lowest BCUT2D eigenvalue weighted by atomic mass is 10.2. The van der Waals surface area contributed by atoms with E-state index in [4.69, 9.17) is 4.74 Å². The third kappa shape index (κ3) is 4.11. The minimum absolute atomic E-state index is 0.0203. The highest BCUT2D eigenvalue weighted by Gasteiger charge is 2.28. The smallest absolute Gasteiger partial charge is 0.243 e. The zero-order valence-electron chi connectivity index (χ0n) is 13.0. The molecule has 122 valence electrons. The van der Waals surface area contributed by atoms with E-state index < -0.39 is 0 Å². The zero-order valence-corrected chi connectivity index (χ0v) is 13.0. The van der Waals surface area contributed by atoms with E-state index in [1.165, 1.54) is 0 Å². The summed E-state index contributed by atoms with van der Waals surface area (Å²) in [6, 6.07) is 3.32. The van der Waals surface area contributed by atoms with Gasteiger partial charge in [-0.15, -0.1) is 0 Å². The number of carbonyl (C=O) groups excluding carboxylic acids is 1. The van der Waals surface area contributed by atoms with Gasteiger partial charge in [-0.05, 0) is 19.1 Å². The molecular weight excluding hydrogens is 296 g/mol. The number of morpholine rings is 1. The van der Waals surface area contributed by atoms with E-state index in [1.807, 2.05) is 23.9 Å². The predicted octanol–water partition coefficient (Wildman–Crippen LogP) is 0.401. The number of ether oxygens (including phenoxy) is 1. The van der Waals surface area contributed by atoms with Gasteiger partial charge in [-0.1, -0.05) is 0 Å². The summed E-state index contributed by atoms with van der Waals surface area (Å²) in [6.07, 6.45) is 6.87. The second-order valence-corrected chi connectivity index (χ2v) is 5.45. The molecule has 0 bridgehead atoms. The fraction of sp³-hybridized carbons (Fsp3) is 0.467. The molecule has 2 aromatic heterocycles. The third-order valence-electron chi connectivity index (χ3n) is 3.85. The van der Waals surface area contributed by atoms with Gasteiger partial charge in [0.1, 0.15) is 0 Å². The Kier molecular flexibility index (Phi) is 4.94. The summed E-state index contributed by atoms with van der Waals surface area (Å²) in [7, 11) is 0. The van der Waals surface area contributed by atoms with Crippen molar-refractivity contribution in [3.05, 3.63) is 36.9 Å². The van der Waals surface area contributed by atoms with Crippen molar-refractivity contribution in [1.82, 2.24) is 24.6 Å². The number of rotatable bonds is 5. The molecule has 1 N–H and O–H groups in total. The summed E-state index contributed by atoms with van der Waals surface area (Å²) < 4.78 is 7.61. The van der Waals surface area contributed by atoms with Crippen LogP contribution in [0.1, 0.15) is 6.92 Å². The average Bonchev–Trinajstić information content (AvgIpc) is 3.08. The largest absolute Gasteiger partial charge is 0.374 e. The van der Waals surface area contributed by atoms with Crippen LogP contribution >= 0.6 is 0 Å². The lowest BCUT2D eigenvalue weighted by Gasteiger charge is -2.35. The molecule has 0 aromatic carbocycles. The molecule has 1 amide bonds. The molecule has 3 heterocycles. The minimum atomic E-state index is -0.275. The minimum Gasteiger partial charge on any atom is -0.374 e. The van der Waals surface area contributed by atoms with Crippen LogP contribution in [0.5, 0.6) is 0 Å². The monoisotopic (exact) mass is 316 g/mol. The quantitative estimate of drug-likeness (QED) is 0.859. The molecule has 0 aliphatic carbocycles. The van der Waals surface area contributed by atoms with Gasteiger partial charge in [-0.2, -0.15) is 5.10 Å². The number of carbonyl (C=O) groups is 1. The first-order chi connectivity index (χ1) is 11.2. The lowest BCUT2D eigenvalue weighted by Crippen LogP contribution is -2.51. The van der Waals surface area contributed by atoms with Crippen molar-refractivity contribution < 1.29 is 9.53 Å². The standard InChI is InChI=1S/C15H20N6O2/c1-12(14(22)19-15-16-4-2-5-17-15)20-8-9-23-13(10-20)11-21-7-3-6-18-21/h2-7,12-13H,8-11H2,1H3,(H,16,17,19,22). The van der Waals surface area contributed by atoms with Gasteiger partial charge in [-0.25, -0.2) is 9.97 Å². The number of nitrogens with zero attached hydrogens (tertiary/aromatic N) is 5. The summed E-state index contributed by atoms with van der Waals surface area (Å²) in [6.45, 7) is 4.57. The van der Waals surface area contributed by atoms with Crippen LogP contribution in [0.4, 0.5) is 5.95 Å². The fourth-order valence-corrected chi connectivity index (χ4v) is 2.57. The molecule has 1 aliphatic heterocycles. The topological polar surface area (TPSA) is 85.2 Å². The highest BCUT2D eigenvalue weighted by Crippen LogP contribution is 2.12. The van der Waals surface area contributed by atoms with E-state index in [2.05, 4.69) is 25.3 Å². The molecule has 0 spiro atoms. The Labute approximate surface area is 134 Å².